The van der Waals surface area contributed by atoms with Crippen molar-refractivity contribution < 1.29 is 9.63 Å². The summed E-state index contributed by atoms with van der Waals surface area (Å²) < 4.78 is 4.97. The van der Waals surface area contributed by atoms with Crippen molar-refractivity contribution in [1.29, 1.82) is 0 Å². The van der Waals surface area contributed by atoms with E-state index in [1.807, 2.05) is 31.2 Å². The van der Waals surface area contributed by atoms with E-state index in [0.29, 0.717) is 12.2 Å². The Hall–Kier alpha value is -1.72. The molecular formula is C12H15N3O2. The van der Waals surface area contributed by atoms with Gasteiger partial charge in [0.2, 0.25) is 5.89 Å². The first-order valence-corrected chi connectivity index (χ1v) is 5.43. The number of hydrogen-bond donors (Lipinski definition) is 2. The molecule has 3 N–H and O–H groups in total. The van der Waals surface area contributed by atoms with Crippen LogP contribution in [-0.2, 0) is 6.42 Å². The van der Waals surface area contributed by atoms with Crippen molar-refractivity contribution in [3.8, 4) is 0 Å². The van der Waals surface area contributed by atoms with Crippen LogP contribution < -0.4 is 5.73 Å². The fourth-order valence-electron chi connectivity index (χ4n) is 1.46. The number of hydrogen-bond acceptors (Lipinski definition) is 5. The number of rotatable bonds is 4. The van der Waals surface area contributed by atoms with Gasteiger partial charge < -0.3 is 15.4 Å². The molecule has 0 fully saturated rings. The fraction of sp³-hybridized carbons (Fsp3) is 0.333. The summed E-state index contributed by atoms with van der Waals surface area (Å²) in [7, 11) is 0. The topological polar surface area (TPSA) is 85.2 Å². The standard InChI is InChI=1S/C12H15N3O2/c1-8-2-4-9(5-3-8)6-11-14-12(17-15-11)10(13)7-16/h2-5,10,16H,6-7,13H2,1H3. The predicted molar refractivity (Wildman–Crippen MR) is 62.3 cm³/mol. The minimum Gasteiger partial charge on any atom is -0.394 e. The van der Waals surface area contributed by atoms with Crippen LogP contribution in [-0.4, -0.2) is 21.9 Å². The van der Waals surface area contributed by atoms with Gasteiger partial charge in [0.15, 0.2) is 5.82 Å². The summed E-state index contributed by atoms with van der Waals surface area (Å²) in [5, 5.41) is 12.7. The monoisotopic (exact) mass is 233 g/mol. The summed E-state index contributed by atoms with van der Waals surface area (Å²) in [6.45, 7) is 1.84. The maximum Gasteiger partial charge on any atom is 0.245 e. The van der Waals surface area contributed by atoms with Crippen LogP contribution in [0, 0.1) is 6.92 Å². The number of aliphatic hydroxyl groups excluding tert-OH is 1. The van der Waals surface area contributed by atoms with Crippen LogP contribution in [0.3, 0.4) is 0 Å². The molecule has 90 valence electrons. The van der Waals surface area contributed by atoms with Crippen LogP contribution in [0.4, 0.5) is 0 Å². The second-order valence-corrected chi connectivity index (χ2v) is 4.00. The predicted octanol–water partition coefficient (Wildman–Crippen LogP) is 0.961. The molecule has 1 unspecified atom stereocenters. The van der Waals surface area contributed by atoms with E-state index < -0.39 is 6.04 Å². The van der Waals surface area contributed by atoms with Crippen molar-refractivity contribution in [2.24, 2.45) is 5.73 Å². The Bertz CT molecular complexity index is 479. The highest BCUT2D eigenvalue weighted by molar-refractivity contribution is 5.23. The smallest absolute Gasteiger partial charge is 0.245 e. The molecular weight excluding hydrogens is 218 g/mol. The van der Waals surface area contributed by atoms with E-state index in [4.69, 9.17) is 15.4 Å². The molecule has 2 aromatic rings. The minimum atomic E-state index is -0.603. The summed E-state index contributed by atoms with van der Waals surface area (Å²) in [6, 6.07) is 7.52. The second kappa shape index (κ2) is 5.07. The molecule has 0 aliphatic carbocycles. The molecule has 0 saturated heterocycles. The zero-order chi connectivity index (χ0) is 12.3. The number of aromatic nitrogens is 2. The summed E-state index contributed by atoms with van der Waals surface area (Å²) in [5.74, 6) is 0.849. The van der Waals surface area contributed by atoms with Crippen molar-refractivity contribution in [2.45, 2.75) is 19.4 Å². The van der Waals surface area contributed by atoms with Crippen LogP contribution in [0.15, 0.2) is 28.8 Å². The average molecular weight is 233 g/mol. The van der Waals surface area contributed by atoms with E-state index >= 15 is 0 Å². The van der Waals surface area contributed by atoms with Crippen LogP contribution in [0.1, 0.15) is 28.9 Å². The molecule has 1 aromatic heterocycles. The summed E-state index contributed by atoms with van der Waals surface area (Å²) in [4.78, 5) is 4.14. The van der Waals surface area contributed by atoms with E-state index in [2.05, 4.69) is 10.1 Å². The Morgan fingerprint density at radius 3 is 2.71 bits per heavy atom. The van der Waals surface area contributed by atoms with Gasteiger partial charge in [0.05, 0.1) is 6.61 Å². The van der Waals surface area contributed by atoms with Gasteiger partial charge in [-0.05, 0) is 12.5 Å². The molecule has 5 heteroatoms. The quantitative estimate of drug-likeness (QED) is 0.821. The molecule has 5 nitrogen and oxygen atoms in total. The highest BCUT2D eigenvalue weighted by Crippen LogP contribution is 2.11. The lowest BCUT2D eigenvalue weighted by Crippen LogP contribution is -2.14. The van der Waals surface area contributed by atoms with Gasteiger partial charge in [-0.2, -0.15) is 4.98 Å². The van der Waals surface area contributed by atoms with Gasteiger partial charge in [-0.1, -0.05) is 35.0 Å². The highest BCUT2D eigenvalue weighted by atomic mass is 16.5. The molecule has 0 bridgehead atoms. The summed E-state index contributed by atoms with van der Waals surface area (Å²) in [6.07, 6.45) is 0.599. The van der Waals surface area contributed by atoms with Gasteiger partial charge in [-0.15, -0.1) is 0 Å². The summed E-state index contributed by atoms with van der Waals surface area (Å²) >= 11 is 0. The van der Waals surface area contributed by atoms with E-state index in [1.54, 1.807) is 0 Å². The Morgan fingerprint density at radius 2 is 2.06 bits per heavy atom. The van der Waals surface area contributed by atoms with Gasteiger partial charge >= 0.3 is 0 Å². The van der Waals surface area contributed by atoms with Gasteiger partial charge in [-0.3, -0.25) is 0 Å². The molecule has 1 atom stereocenters. The molecule has 0 radical (unpaired) electrons. The Balaban J connectivity index is 2.08. The number of aliphatic hydroxyl groups is 1. The first-order valence-electron chi connectivity index (χ1n) is 5.43. The molecule has 0 spiro atoms. The Kier molecular flexibility index (Phi) is 3.51. The Labute approximate surface area is 99.3 Å². The molecule has 2 rings (SSSR count). The second-order valence-electron chi connectivity index (χ2n) is 4.00. The van der Waals surface area contributed by atoms with Crippen molar-refractivity contribution in [1.82, 2.24) is 10.1 Å². The third kappa shape index (κ3) is 2.89. The van der Waals surface area contributed by atoms with Gasteiger partial charge in [0.25, 0.3) is 0 Å². The highest BCUT2D eigenvalue weighted by Gasteiger charge is 2.13. The van der Waals surface area contributed by atoms with Gasteiger partial charge in [0, 0.05) is 6.42 Å². The van der Waals surface area contributed by atoms with Gasteiger partial charge in [-0.25, -0.2) is 0 Å². The third-order valence-corrected chi connectivity index (χ3v) is 2.48. The largest absolute Gasteiger partial charge is 0.394 e. The first kappa shape index (κ1) is 11.8. The summed E-state index contributed by atoms with van der Waals surface area (Å²) in [5.41, 5.74) is 7.90. The third-order valence-electron chi connectivity index (χ3n) is 2.48. The van der Waals surface area contributed by atoms with E-state index in [-0.39, 0.29) is 12.5 Å². The van der Waals surface area contributed by atoms with Crippen LogP contribution in [0.25, 0.3) is 0 Å². The molecule has 0 aliphatic rings. The average Bonchev–Trinajstić information content (AvgIpc) is 2.80. The number of aryl methyl sites for hydroxylation is 1. The minimum absolute atomic E-state index is 0.202. The zero-order valence-electron chi connectivity index (χ0n) is 9.63. The van der Waals surface area contributed by atoms with Crippen LogP contribution >= 0.6 is 0 Å². The molecule has 0 amide bonds. The van der Waals surface area contributed by atoms with E-state index in [9.17, 15) is 0 Å². The van der Waals surface area contributed by atoms with Crippen molar-refractivity contribution in [2.75, 3.05) is 6.61 Å². The van der Waals surface area contributed by atoms with Crippen molar-refractivity contribution in [3.05, 3.63) is 47.1 Å². The van der Waals surface area contributed by atoms with Crippen LogP contribution in [0.5, 0.6) is 0 Å². The molecule has 0 aliphatic heterocycles. The van der Waals surface area contributed by atoms with E-state index in [0.717, 1.165) is 5.56 Å². The fourth-order valence-corrected chi connectivity index (χ4v) is 1.46. The maximum atomic E-state index is 8.86. The van der Waals surface area contributed by atoms with Crippen molar-refractivity contribution >= 4 is 0 Å². The SMILES string of the molecule is Cc1ccc(Cc2noc(C(N)CO)n2)cc1. The van der Waals surface area contributed by atoms with Crippen LogP contribution in [0.2, 0.25) is 0 Å². The number of benzene rings is 1. The number of nitrogens with two attached hydrogens (primary N) is 1. The molecule has 1 aromatic carbocycles. The normalized spacial score (nSPS) is 12.6. The zero-order valence-corrected chi connectivity index (χ0v) is 9.63. The number of nitrogens with zero attached hydrogens (tertiary/aromatic N) is 2. The van der Waals surface area contributed by atoms with E-state index in [1.165, 1.54) is 5.56 Å². The molecule has 1 heterocycles. The Morgan fingerprint density at radius 1 is 1.35 bits per heavy atom. The first-order chi connectivity index (χ1) is 8.19. The molecule has 17 heavy (non-hydrogen) atoms. The maximum absolute atomic E-state index is 8.86. The lowest BCUT2D eigenvalue weighted by molar-refractivity contribution is 0.236. The van der Waals surface area contributed by atoms with Gasteiger partial charge in [0.1, 0.15) is 6.04 Å². The van der Waals surface area contributed by atoms with Crippen molar-refractivity contribution in [3.63, 3.8) is 0 Å². The lowest BCUT2D eigenvalue weighted by Gasteiger charge is -1.99. The lowest BCUT2D eigenvalue weighted by atomic mass is 10.1. The molecule has 0 saturated carbocycles.